The van der Waals surface area contributed by atoms with Crippen LogP contribution in [0.15, 0.2) is 55.2 Å². The number of nitrogens with one attached hydrogen (secondary N) is 1. The monoisotopic (exact) mass is 370 g/mol. The lowest BCUT2D eigenvalue weighted by Crippen LogP contribution is -2.34. The van der Waals surface area contributed by atoms with Crippen molar-refractivity contribution in [1.29, 1.82) is 0 Å². The molecular weight excluding hydrogens is 352 g/mol. The highest BCUT2D eigenvalue weighted by Gasteiger charge is 2.17. The number of halogens is 1. The average molecular weight is 371 g/mol. The lowest BCUT2D eigenvalue weighted by molar-refractivity contribution is 0.0941. The predicted molar refractivity (Wildman–Crippen MR) is 99.4 cm³/mol. The smallest absolute Gasteiger partial charge is 0.252 e. The molecule has 2 heterocycles. The van der Waals surface area contributed by atoms with Crippen molar-refractivity contribution in [3.63, 3.8) is 0 Å². The second-order valence-electron chi connectivity index (χ2n) is 6.00. The summed E-state index contributed by atoms with van der Waals surface area (Å²) in [6.45, 7) is 0.473. The summed E-state index contributed by atoms with van der Waals surface area (Å²) < 4.78 is 1.58. The van der Waals surface area contributed by atoms with Crippen LogP contribution in [0.4, 0.5) is 0 Å². The molecule has 0 spiro atoms. The van der Waals surface area contributed by atoms with Gasteiger partial charge in [0.1, 0.15) is 12.7 Å². The molecule has 26 heavy (non-hydrogen) atoms. The number of carbonyl (C=O) groups is 1. The minimum absolute atomic E-state index is 0.0693. The molecule has 1 unspecified atom stereocenters. The van der Waals surface area contributed by atoms with Gasteiger partial charge >= 0.3 is 0 Å². The number of amides is 1. The lowest BCUT2D eigenvalue weighted by atomic mass is 10.1. The number of benzene rings is 1. The molecule has 7 nitrogen and oxygen atoms in total. The molecule has 0 aliphatic rings. The molecule has 1 amide bonds. The van der Waals surface area contributed by atoms with Gasteiger partial charge in [-0.25, -0.2) is 4.98 Å². The topological polar surface area (TPSA) is 75.9 Å². The van der Waals surface area contributed by atoms with Crippen LogP contribution in [0.5, 0.6) is 0 Å². The van der Waals surface area contributed by atoms with Gasteiger partial charge in [0.15, 0.2) is 5.82 Å². The van der Waals surface area contributed by atoms with Crippen LogP contribution in [0.3, 0.4) is 0 Å². The second kappa shape index (κ2) is 8.07. The standard InChI is InChI=1S/C18H19ClN6O/c1-24(2)16(13-6-4-3-5-7-13)10-21-18(26)14-8-15(19)17(20-9-14)25-11-22-23-12-25/h3-9,11-12,16H,10H2,1-2H3,(H,21,26). The first-order valence-corrected chi connectivity index (χ1v) is 8.44. The normalized spacial score (nSPS) is 12.2. The third-order valence-electron chi connectivity index (χ3n) is 4.01. The van der Waals surface area contributed by atoms with Crippen molar-refractivity contribution in [2.45, 2.75) is 6.04 Å². The highest BCUT2D eigenvalue weighted by atomic mass is 35.5. The first-order valence-electron chi connectivity index (χ1n) is 8.06. The van der Waals surface area contributed by atoms with E-state index in [4.69, 9.17) is 11.6 Å². The number of aromatic nitrogens is 4. The van der Waals surface area contributed by atoms with Gasteiger partial charge in [-0.3, -0.25) is 9.36 Å². The molecule has 0 bridgehead atoms. The van der Waals surface area contributed by atoms with Crippen LogP contribution >= 0.6 is 11.6 Å². The summed E-state index contributed by atoms with van der Waals surface area (Å²) in [5.41, 5.74) is 1.54. The van der Waals surface area contributed by atoms with Crippen LogP contribution in [0.25, 0.3) is 5.82 Å². The molecule has 1 N–H and O–H groups in total. The van der Waals surface area contributed by atoms with Crippen LogP contribution < -0.4 is 5.32 Å². The summed E-state index contributed by atoms with van der Waals surface area (Å²) in [6.07, 6.45) is 4.48. The van der Waals surface area contributed by atoms with Crippen molar-refractivity contribution in [3.05, 3.63) is 71.4 Å². The molecule has 0 aliphatic heterocycles. The molecule has 0 radical (unpaired) electrons. The van der Waals surface area contributed by atoms with Crippen molar-refractivity contribution in [3.8, 4) is 5.82 Å². The molecule has 8 heteroatoms. The van der Waals surface area contributed by atoms with Gasteiger partial charge < -0.3 is 10.2 Å². The van der Waals surface area contributed by atoms with Gasteiger partial charge in [-0.2, -0.15) is 0 Å². The lowest BCUT2D eigenvalue weighted by Gasteiger charge is -2.25. The highest BCUT2D eigenvalue weighted by Crippen LogP contribution is 2.20. The van der Waals surface area contributed by atoms with Crippen LogP contribution in [0, 0.1) is 0 Å². The molecule has 0 aliphatic carbocycles. The third-order valence-corrected chi connectivity index (χ3v) is 4.29. The first kappa shape index (κ1) is 18.0. The first-order chi connectivity index (χ1) is 12.6. The minimum atomic E-state index is -0.225. The third kappa shape index (κ3) is 4.07. The number of pyridine rings is 1. The number of rotatable bonds is 6. The van der Waals surface area contributed by atoms with E-state index in [0.717, 1.165) is 5.56 Å². The van der Waals surface area contributed by atoms with E-state index in [1.807, 2.05) is 44.4 Å². The van der Waals surface area contributed by atoms with E-state index in [0.29, 0.717) is 22.9 Å². The Balaban J connectivity index is 1.70. The maximum Gasteiger partial charge on any atom is 0.252 e. The predicted octanol–water partition coefficient (Wildman–Crippen LogP) is 2.35. The Hall–Kier alpha value is -2.77. The SMILES string of the molecule is CN(C)C(CNC(=O)c1cnc(-n2cnnc2)c(Cl)c1)c1ccccc1. The Kier molecular flexibility index (Phi) is 5.60. The molecule has 0 saturated heterocycles. The summed E-state index contributed by atoms with van der Waals surface area (Å²) in [7, 11) is 3.96. The van der Waals surface area contributed by atoms with E-state index in [1.165, 1.54) is 18.9 Å². The van der Waals surface area contributed by atoms with E-state index in [2.05, 4.69) is 25.4 Å². The van der Waals surface area contributed by atoms with E-state index < -0.39 is 0 Å². The van der Waals surface area contributed by atoms with Gasteiger partial charge in [0, 0.05) is 12.7 Å². The van der Waals surface area contributed by atoms with Gasteiger partial charge in [0.25, 0.3) is 5.91 Å². The molecule has 0 saturated carbocycles. The zero-order valence-electron chi connectivity index (χ0n) is 14.5. The zero-order valence-corrected chi connectivity index (χ0v) is 15.3. The highest BCUT2D eigenvalue weighted by molar-refractivity contribution is 6.32. The van der Waals surface area contributed by atoms with Gasteiger partial charge in [-0.1, -0.05) is 41.9 Å². The maximum absolute atomic E-state index is 12.5. The van der Waals surface area contributed by atoms with Gasteiger partial charge in [-0.05, 0) is 25.7 Å². The van der Waals surface area contributed by atoms with E-state index in [1.54, 1.807) is 10.6 Å². The quantitative estimate of drug-likeness (QED) is 0.720. The molecular formula is C18H19ClN6O. The van der Waals surface area contributed by atoms with Crippen molar-refractivity contribution in [2.24, 2.45) is 0 Å². The van der Waals surface area contributed by atoms with Crippen LogP contribution in [-0.4, -0.2) is 51.2 Å². The fraction of sp³-hybridized carbons (Fsp3) is 0.222. The second-order valence-corrected chi connectivity index (χ2v) is 6.41. The van der Waals surface area contributed by atoms with Crippen molar-refractivity contribution < 1.29 is 4.79 Å². The Bertz CT molecular complexity index is 867. The molecule has 3 aromatic rings. The summed E-state index contributed by atoms with van der Waals surface area (Å²) in [5, 5.41) is 10.7. The van der Waals surface area contributed by atoms with Gasteiger partial charge in [0.05, 0.1) is 16.6 Å². The van der Waals surface area contributed by atoms with Crippen molar-refractivity contribution in [2.75, 3.05) is 20.6 Å². The van der Waals surface area contributed by atoms with Crippen LogP contribution in [-0.2, 0) is 0 Å². The fourth-order valence-corrected chi connectivity index (χ4v) is 2.88. The van der Waals surface area contributed by atoms with Crippen molar-refractivity contribution in [1.82, 2.24) is 30.0 Å². The maximum atomic E-state index is 12.5. The summed E-state index contributed by atoms with van der Waals surface area (Å²) >= 11 is 6.25. The largest absolute Gasteiger partial charge is 0.350 e. The minimum Gasteiger partial charge on any atom is -0.350 e. The van der Waals surface area contributed by atoms with Gasteiger partial charge in [-0.15, -0.1) is 10.2 Å². The Morgan fingerprint density at radius 2 is 1.92 bits per heavy atom. The summed E-state index contributed by atoms with van der Waals surface area (Å²) in [6, 6.07) is 11.7. The average Bonchev–Trinajstić information content (AvgIpc) is 3.16. The number of carbonyl (C=O) groups excluding carboxylic acids is 1. The number of nitrogens with zero attached hydrogens (tertiary/aromatic N) is 5. The van der Waals surface area contributed by atoms with Crippen LogP contribution in [0.1, 0.15) is 22.0 Å². The molecule has 134 valence electrons. The van der Waals surface area contributed by atoms with E-state index >= 15 is 0 Å². The molecule has 3 rings (SSSR count). The zero-order chi connectivity index (χ0) is 18.5. The number of hydrogen-bond donors (Lipinski definition) is 1. The number of hydrogen-bond acceptors (Lipinski definition) is 5. The Morgan fingerprint density at radius 1 is 1.23 bits per heavy atom. The Morgan fingerprint density at radius 3 is 2.54 bits per heavy atom. The Labute approximate surface area is 156 Å². The molecule has 2 aromatic heterocycles. The molecule has 0 fully saturated rings. The van der Waals surface area contributed by atoms with Crippen molar-refractivity contribution >= 4 is 17.5 Å². The van der Waals surface area contributed by atoms with E-state index in [9.17, 15) is 4.79 Å². The van der Waals surface area contributed by atoms with E-state index in [-0.39, 0.29) is 11.9 Å². The summed E-state index contributed by atoms with van der Waals surface area (Å²) in [5.74, 6) is 0.251. The fourth-order valence-electron chi connectivity index (χ4n) is 2.62. The van der Waals surface area contributed by atoms with Crippen LogP contribution in [0.2, 0.25) is 5.02 Å². The molecule has 1 atom stereocenters. The number of likely N-dealkylation sites (N-methyl/N-ethyl adjacent to an activating group) is 1. The summed E-state index contributed by atoms with van der Waals surface area (Å²) in [4.78, 5) is 18.8. The van der Waals surface area contributed by atoms with Gasteiger partial charge in [0.2, 0.25) is 0 Å². The molecule has 1 aromatic carbocycles.